The Morgan fingerprint density at radius 2 is 2.12 bits per heavy atom. The van der Waals surface area contributed by atoms with Crippen LogP contribution in [0.3, 0.4) is 0 Å². The lowest BCUT2D eigenvalue weighted by atomic mass is 9.85. The van der Waals surface area contributed by atoms with Crippen molar-refractivity contribution in [1.82, 2.24) is 0 Å². The molecule has 0 aliphatic carbocycles. The second-order valence-corrected chi connectivity index (χ2v) is 3.85. The van der Waals surface area contributed by atoms with Gasteiger partial charge >= 0.3 is 5.97 Å². The zero-order valence-corrected chi connectivity index (χ0v) is 9.27. The molecule has 0 heterocycles. The van der Waals surface area contributed by atoms with Crippen LogP contribution in [-0.4, -0.2) is 16.2 Å². The summed E-state index contributed by atoms with van der Waals surface area (Å²) in [5.41, 5.74) is 0.261. The molecule has 16 heavy (non-hydrogen) atoms. The standard InChI is InChI=1S/C12H15FO3/c1-3-9(7(2)12(15)16)10-6-8(14)4-5-11(10)13/h4-7,9,14H,3H2,1-2H3,(H,15,16)/t7?,9-/m1/s1. The SMILES string of the molecule is CC[C@@H](c1cc(O)ccc1F)C(C)C(=O)O. The van der Waals surface area contributed by atoms with Crippen LogP contribution in [0.2, 0.25) is 0 Å². The van der Waals surface area contributed by atoms with Crippen LogP contribution < -0.4 is 0 Å². The first kappa shape index (κ1) is 12.5. The molecule has 0 saturated carbocycles. The van der Waals surface area contributed by atoms with Gasteiger partial charge in [0.05, 0.1) is 5.92 Å². The minimum absolute atomic E-state index is 0.0487. The van der Waals surface area contributed by atoms with Gasteiger partial charge in [-0.3, -0.25) is 4.79 Å². The van der Waals surface area contributed by atoms with Crippen molar-refractivity contribution in [2.75, 3.05) is 0 Å². The lowest BCUT2D eigenvalue weighted by Gasteiger charge is -2.20. The van der Waals surface area contributed by atoms with Gasteiger partial charge in [0, 0.05) is 0 Å². The number of carboxylic acids is 1. The van der Waals surface area contributed by atoms with Crippen LogP contribution >= 0.6 is 0 Å². The van der Waals surface area contributed by atoms with Gasteiger partial charge in [-0.25, -0.2) is 4.39 Å². The van der Waals surface area contributed by atoms with E-state index in [-0.39, 0.29) is 11.3 Å². The maximum atomic E-state index is 13.5. The fraction of sp³-hybridized carbons (Fsp3) is 0.417. The summed E-state index contributed by atoms with van der Waals surface area (Å²) in [5.74, 6) is -2.59. The number of carboxylic acid groups (broad SMARTS) is 1. The van der Waals surface area contributed by atoms with E-state index < -0.39 is 23.6 Å². The van der Waals surface area contributed by atoms with Gasteiger partial charge in [0.1, 0.15) is 11.6 Å². The second-order valence-electron chi connectivity index (χ2n) is 3.85. The van der Waals surface area contributed by atoms with E-state index in [1.807, 2.05) is 0 Å². The monoisotopic (exact) mass is 226 g/mol. The third-order valence-electron chi connectivity index (χ3n) is 2.81. The van der Waals surface area contributed by atoms with Crippen LogP contribution in [0.1, 0.15) is 31.7 Å². The normalized spacial score (nSPS) is 14.4. The van der Waals surface area contributed by atoms with Crippen LogP contribution in [0, 0.1) is 11.7 Å². The molecule has 0 spiro atoms. The number of aliphatic carboxylic acids is 1. The topological polar surface area (TPSA) is 57.5 Å². The van der Waals surface area contributed by atoms with Gasteiger partial charge in [-0.2, -0.15) is 0 Å². The molecular weight excluding hydrogens is 211 g/mol. The van der Waals surface area contributed by atoms with E-state index >= 15 is 0 Å². The molecule has 1 aromatic carbocycles. The van der Waals surface area contributed by atoms with Gasteiger partial charge in [0.25, 0.3) is 0 Å². The minimum Gasteiger partial charge on any atom is -0.508 e. The predicted molar refractivity (Wildman–Crippen MR) is 57.9 cm³/mol. The fourth-order valence-corrected chi connectivity index (χ4v) is 1.83. The molecule has 0 amide bonds. The van der Waals surface area contributed by atoms with Crippen LogP contribution in [0.25, 0.3) is 0 Å². The Balaban J connectivity index is 3.12. The van der Waals surface area contributed by atoms with Crippen molar-refractivity contribution in [2.45, 2.75) is 26.2 Å². The van der Waals surface area contributed by atoms with Crippen LogP contribution in [0.5, 0.6) is 5.75 Å². The first-order chi connectivity index (χ1) is 7.47. The Morgan fingerprint density at radius 3 is 2.62 bits per heavy atom. The molecule has 0 aliphatic rings. The Kier molecular flexibility index (Phi) is 3.88. The van der Waals surface area contributed by atoms with Gasteiger partial charge < -0.3 is 10.2 Å². The maximum Gasteiger partial charge on any atom is 0.306 e. The summed E-state index contributed by atoms with van der Waals surface area (Å²) in [6.07, 6.45) is 0.508. The third-order valence-corrected chi connectivity index (χ3v) is 2.81. The van der Waals surface area contributed by atoms with Gasteiger partial charge in [-0.15, -0.1) is 0 Å². The number of hydrogen-bond donors (Lipinski definition) is 2. The number of halogens is 1. The van der Waals surface area contributed by atoms with Crippen LogP contribution in [0.15, 0.2) is 18.2 Å². The summed E-state index contributed by atoms with van der Waals surface area (Å²) in [6.45, 7) is 3.34. The zero-order valence-electron chi connectivity index (χ0n) is 9.27. The molecule has 0 saturated heterocycles. The highest BCUT2D eigenvalue weighted by Crippen LogP contribution is 2.32. The highest BCUT2D eigenvalue weighted by Gasteiger charge is 2.26. The Morgan fingerprint density at radius 1 is 1.50 bits per heavy atom. The van der Waals surface area contributed by atoms with Gasteiger partial charge in [-0.05, 0) is 36.1 Å². The third kappa shape index (κ3) is 2.51. The van der Waals surface area contributed by atoms with Crippen molar-refractivity contribution >= 4 is 5.97 Å². The van der Waals surface area contributed by atoms with Gasteiger partial charge in [0.2, 0.25) is 0 Å². The Hall–Kier alpha value is -1.58. The van der Waals surface area contributed by atoms with Crippen molar-refractivity contribution in [2.24, 2.45) is 5.92 Å². The molecule has 88 valence electrons. The highest BCUT2D eigenvalue weighted by molar-refractivity contribution is 5.71. The smallest absolute Gasteiger partial charge is 0.306 e. The molecule has 2 atom stereocenters. The number of benzene rings is 1. The molecule has 0 radical (unpaired) electrons. The lowest BCUT2D eigenvalue weighted by Crippen LogP contribution is -2.19. The van der Waals surface area contributed by atoms with Crippen LogP contribution in [0.4, 0.5) is 4.39 Å². The fourth-order valence-electron chi connectivity index (χ4n) is 1.83. The second kappa shape index (κ2) is 4.96. The van der Waals surface area contributed by atoms with E-state index in [9.17, 15) is 14.3 Å². The van der Waals surface area contributed by atoms with E-state index in [0.717, 1.165) is 6.07 Å². The molecule has 1 aromatic rings. The number of phenolic OH excluding ortho intramolecular Hbond substituents is 1. The first-order valence-electron chi connectivity index (χ1n) is 5.18. The summed E-state index contributed by atoms with van der Waals surface area (Å²) >= 11 is 0. The summed E-state index contributed by atoms with van der Waals surface area (Å²) in [6, 6.07) is 3.70. The zero-order chi connectivity index (χ0) is 12.3. The van der Waals surface area contributed by atoms with E-state index in [4.69, 9.17) is 5.11 Å². The molecule has 2 N–H and O–H groups in total. The molecule has 3 nitrogen and oxygen atoms in total. The lowest BCUT2D eigenvalue weighted by molar-refractivity contribution is -0.141. The molecule has 4 heteroatoms. The van der Waals surface area contributed by atoms with Gasteiger partial charge in [-0.1, -0.05) is 13.8 Å². The average molecular weight is 226 g/mol. The molecule has 0 aliphatic heterocycles. The number of carbonyl (C=O) groups is 1. The largest absolute Gasteiger partial charge is 0.508 e. The van der Waals surface area contributed by atoms with E-state index in [2.05, 4.69) is 0 Å². The number of hydrogen-bond acceptors (Lipinski definition) is 2. The summed E-state index contributed by atoms with van der Waals surface area (Å²) in [5, 5.41) is 18.2. The molecule has 0 bridgehead atoms. The van der Waals surface area contributed by atoms with Crippen molar-refractivity contribution in [3.8, 4) is 5.75 Å². The summed E-state index contributed by atoms with van der Waals surface area (Å²) in [4.78, 5) is 10.9. The molecule has 0 fully saturated rings. The van der Waals surface area contributed by atoms with E-state index in [1.165, 1.54) is 12.1 Å². The van der Waals surface area contributed by atoms with E-state index in [1.54, 1.807) is 13.8 Å². The molecule has 1 rings (SSSR count). The molecular formula is C12H15FO3. The van der Waals surface area contributed by atoms with Crippen LogP contribution in [-0.2, 0) is 4.79 Å². The van der Waals surface area contributed by atoms with Gasteiger partial charge in [0.15, 0.2) is 0 Å². The maximum absolute atomic E-state index is 13.5. The molecule has 0 aromatic heterocycles. The molecule has 1 unspecified atom stereocenters. The quantitative estimate of drug-likeness (QED) is 0.829. The van der Waals surface area contributed by atoms with Crippen molar-refractivity contribution in [1.29, 1.82) is 0 Å². The van der Waals surface area contributed by atoms with E-state index in [0.29, 0.717) is 6.42 Å². The number of aromatic hydroxyl groups is 1. The Labute approximate surface area is 93.5 Å². The number of rotatable bonds is 4. The first-order valence-corrected chi connectivity index (χ1v) is 5.18. The van der Waals surface area contributed by atoms with Crippen molar-refractivity contribution < 1.29 is 19.4 Å². The summed E-state index contributed by atoms with van der Waals surface area (Å²) in [7, 11) is 0. The minimum atomic E-state index is -0.963. The Bertz CT molecular complexity index is 390. The average Bonchev–Trinajstić information content (AvgIpc) is 2.23. The van der Waals surface area contributed by atoms with Crippen molar-refractivity contribution in [3.05, 3.63) is 29.6 Å². The number of phenols is 1. The summed E-state index contributed by atoms with van der Waals surface area (Å²) < 4.78 is 13.5. The predicted octanol–water partition coefficient (Wildman–Crippen LogP) is 2.75. The van der Waals surface area contributed by atoms with Crippen molar-refractivity contribution in [3.63, 3.8) is 0 Å². The highest BCUT2D eigenvalue weighted by atomic mass is 19.1.